The molecular weight excluding hydrogens is 168 g/mol. The minimum absolute atomic E-state index is 0.0940. The first-order chi connectivity index (χ1) is 5.93. The van der Waals surface area contributed by atoms with Gasteiger partial charge in [-0.25, -0.2) is 0 Å². The summed E-state index contributed by atoms with van der Waals surface area (Å²) < 4.78 is 4.87. The monoisotopic (exact) mass is 188 g/mol. The molecule has 13 heavy (non-hydrogen) atoms. The number of carbonyl (C=O) groups excluding carboxylic acids is 1. The first-order valence-corrected chi connectivity index (χ1v) is 4.70. The fourth-order valence-electron chi connectivity index (χ4n) is 1.26. The van der Waals surface area contributed by atoms with E-state index in [1.165, 1.54) is 0 Å². The minimum Gasteiger partial charge on any atom is -0.466 e. The SMILES string of the molecule is CCOC(=O)C(C)CC(C)(C)CO. The van der Waals surface area contributed by atoms with Gasteiger partial charge in [-0.3, -0.25) is 4.79 Å². The molecule has 78 valence electrons. The van der Waals surface area contributed by atoms with Crippen molar-refractivity contribution in [2.75, 3.05) is 13.2 Å². The fraction of sp³-hybridized carbons (Fsp3) is 0.900. The predicted octanol–water partition coefficient (Wildman–Crippen LogP) is 1.59. The molecule has 0 spiro atoms. The van der Waals surface area contributed by atoms with Gasteiger partial charge >= 0.3 is 5.97 Å². The van der Waals surface area contributed by atoms with Crippen molar-refractivity contribution >= 4 is 5.97 Å². The average molecular weight is 188 g/mol. The van der Waals surface area contributed by atoms with Crippen LogP contribution in [0.3, 0.4) is 0 Å². The molecule has 3 heteroatoms. The summed E-state index contributed by atoms with van der Waals surface area (Å²) >= 11 is 0. The van der Waals surface area contributed by atoms with Crippen molar-refractivity contribution in [2.45, 2.75) is 34.1 Å². The van der Waals surface area contributed by atoms with E-state index in [0.29, 0.717) is 13.0 Å². The van der Waals surface area contributed by atoms with E-state index in [-0.39, 0.29) is 23.9 Å². The van der Waals surface area contributed by atoms with E-state index >= 15 is 0 Å². The van der Waals surface area contributed by atoms with Crippen LogP contribution in [0, 0.1) is 11.3 Å². The van der Waals surface area contributed by atoms with Crippen LogP contribution >= 0.6 is 0 Å². The van der Waals surface area contributed by atoms with Crippen LogP contribution in [0.5, 0.6) is 0 Å². The number of rotatable bonds is 5. The third-order valence-corrected chi connectivity index (χ3v) is 1.98. The molecule has 0 rings (SSSR count). The second-order valence-corrected chi connectivity index (χ2v) is 4.18. The molecule has 3 nitrogen and oxygen atoms in total. The van der Waals surface area contributed by atoms with Crippen molar-refractivity contribution in [1.82, 2.24) is 0 Å². The molecule has 0 aliphatic carbocycles. The molecule has 1 N–H and O–H groups in total. The number of hydrogen-bond donors (Lipinski definition) is 1. The zero-order chi connectivity index (χ0) is 10.5. The molecule has 0 heterocycles. The molecule has 1 atom stereocenters. The maximum Gasteiger partial charge on any atom is 0.308 e. The van der Waals surface area contributed by atoms with Crippen LogP contribution in [0.4, 0.5) is 0 Å². The van der Waals surface area contributed by atoms with Gasteiger partial charge in [0, 0.05) is 6.61 Å². The molecule has 1 unspecified atom stereocenters. The van der Waals surface area contributed by atoms with E-state index in [0.717, 1.165) is 0 Å². The average Bonchev–Trinajstić information content (AvgIpc) is 2.04. The first kappa shape index (κ1) is 12.4. The van der Waals surface area contributed by atoms with Crippen molar-refractivity contribution in [3.63, 3.8) is 0 Å². The number of esters is 1. The highest BCUT2D eigenvalue weighted by atomic mass is 16.5. The second kappa shape index (κ2) is 5.22. The van der Waals surface area contributed by atoms with Gasteiger partial charge in [-0.2, -0.15) is 0 Å². The lowest BCUT2D eigenvalue weighted by Gasteiger charge is -2.24. The van der Waals surface area contributed by atoms with Crippen LogP contribution in [-0.4, -0.2) is 24.3 Å². The number of aliphatic hydroxyl groups is 1. The van der Waals surface area contributed by atoms with Crippen LogP contribution in [0.1, 0.15) is 34.1 Å². The minimum atomic E-state index is -0.202. The van der Waals surface area contributed by atoms with Gasteiger partial charge in [0.1, 0.15) is 0 Å². The van der Waals surface area contributed by atoms with Gasteiger partial charge in [0.05, 0.1) is 12.5 Å². The van der Waals surface area contributed by atoms with Crippen molar-refractivity contribution < 1.29 is 14.6 Å². The summed E-state index contributed by atoms with van der Waals surface area (Å²) in [6.07, 6.45) is 0.655. The molecule has 0 aromatic rings. The Morgan fingerprint density at radius 2 is 2.08 bits per heavy atom. The summed E-state index contributed by atoms with van der Waals surface area (Å²) in [6.45, 7) is 8.00. The van der Waals surface area contributed by atoms with Gasteiger partial charge in [-0.1, -0.05) is 20.8 Å². The zero-order valence-electron chi connectivity index (χ0n) is 8.96. The Kier molecular flexibility index (Phi) is 4.99. The molecule has 0 aromatic heterocycles. The van der Waals surface area contributed by atoms with Crippen molar-refractivity contribution in [1.29, 1.82) is 0 Å². The Bertz CT molecular complexity index is 164. The topological polar surface area (TPSA) is 46.5 Å². The van der Waals surface area contributed by atoms with Crippen LogP contribution < -0.4 is 0 Å². The van der Waals surface area contributed by atoms with Gasteiger partial charge in [0.15, 0.2) is 0 Å². The van der Waals surface area contributed by atoms with Gasteiger partial charge in [-0.05, 0) is 18.8 Å². The Hall–Kier alpha value is -0.570. The van der Waals surface area contributed by atoms with Crippen molar-refractivity contribution in [3.05, 3.63) is 0 Å². The third-order valence-electron chi connectivity index (χ3n) is 1.98. The maximum absolute atomic E-state index is 11.2. The Balaban J connectivity index is 3.99. The zero-order valence-corrected chi connectivity index (χ0v) is 8.96. The second-order valence-electron chi connectivity index (χ2n) is 4.18. The summed E-state index contributed by atoms with van der Waals surface area (Å²) in [5, 5.41) is 9.00. The van der Waals surface area contributed by atoms with Crippen LogP contribution in [-0.2, 0) is 9.53 Å². The highest BCUT2D eigenvalue weighted by Crippen LogP contribution is 2.25. The summed E-state index contributed by atoms with van der Waals surface area (Å²) in [5.74, 6) is -0.314. The first-order valence-electron chi connectivity index (χ1n) is 4.70. The van der Waals surface area contributed by atoms with Crippen LogP contribution in [0.2, 0.25) is 0 Å². The highest BCUT2D eigenvalue weighted by Gasteiger charge is 2.24. The summed E-state index contributed by atoms with van der Waals surface area (Å²) in [5.41, 5.74) is -0.202. The van der Waals surface area contributed by atoms with E-state index in [1.54, 1.807) is 6.92 Å². The number of hydrogen-bond acceptors (Lipinski definition) is 3. The van der Waals surface area contributed by atoms with Crippen LogP contribution in [0.15, 0.2) is 0 Å². The molecule has 0 radical (unpaired) electrons. The normalized spacial score (nSPS) is 13.9. The van der Waals surface area contributed by atoms with E-state index in [2.05, 4.69) is 0 Å². The largest absolute Gasteiger partial charge is 0.466 e. The van der Waals surface area contributed by atoms with E-state index < -0.39 is 0 Å². The smallest absolute Gasteiger partial charge is 0.308 e. The highest BCUT2D eigenvalue weighted by molar-refractivity contribution is 5.71. The van der Waals surface area contributed by atoms with E-state index in [1.807, 2.05) is 20.8 Å². The molecule has 0 fully saturated rings. The van der Waals surface area contributed by atoms with Gasteiger partial charge in [-0.15, -0.1) is 0 Å². The molecule has 0 amide bonds. The predicted molar refractivity (Wildman–Crippen MR) is 51.3 cm³/mol. The number of aliphatic hydroxyl groups excluding tert-OH is 1. The number of carbonyl (C=O) groups is 1. The maximum atomic E-state index is 11.2. The van der Waals surface area contributed by atoms with Gasteiger partial charge < -0.3 is 9.84 Å². The molecule has 0 saturated heterocycles. The summed E-state index contributed by atoms with van der Waals surface area (Å²) in [4.78, 5) is 11.2. The Morgan fingerprint density at radius 3 is 2.46 bits per heavy atom. The third kappa shape index (κ3) is 4.88. The Morgan fingerprint density at radius 1 is 1.54 bits per heavy atom. The molecule has 0 bridgehead atoms. The quantitative estimate of drug-likeness (QED) is 0.666. The summed E-state index contributed by atoms with van der Waals surface area (Å²) in [7, 11) is 0. The lowest BCUT2D eigenvalue weighted by atomic mass is 9.84. The Labute approximate surface area is 80.1 Å². The van der Waals surface area contributed by atoms with Gasteiger partial charge in [0.25, 0.3) is 0 Å². The van der Waals surface area contributed by atoms with Crippen molar-refractivity contribution in [3.8, 4) is 0 Å². The molecule has 0 aromatic carbocycles. The lowest BCUT2D eigenvalue weighted by molar-refractivity contribution is -0.148. The molecular formula is C10H20O3. The van der Waals surface area contributed by atoms with Gasteiger partial charge in [0.2, 0.25) is 0 Å². The number of ether oxygens (including phenoxy) is 1. The molecule has 0 saturated carbocycles. The molecule has 0 aliphatic heterocycles. The van der Waals surface area contributed by atoms with E-state index in [4.69, 9.17) is 9.84 Å². The lowest BCUT2D eigenvalue weighted by Crippen LogP contribution is -2.25. The van der Waals surface area contributed by atoms with E-state index in [9.17, 15) is 4.79 Å². The fourth-order valence-corrected chi connectivity index (χ4v) is 1.26. The standard InChI is InChI=1S/C10H20O3/c1-5-13-9(12)8(2)6-10(3,4)7-11/h8,11H,5-7H2,1-4H3. The molecule has 0 aliphatic rings. The van der Waals surface area contributed by atoms with Crippen molar-refractivity contribution in [2.24, 2.45) is 11.3 Å². The van der Waals surface area contributed by atoms with Crippen LogP contribution in [0.25, 0.3) is 0 Å². The summed E-state index contributed by atoms with van der Waals surface area (Å²) in [6, 6.07) is 0.